The molecule has 1 aromatic heterocycles. The molecule has 0 spiro atoms. The molecule has 0 bridgehead atoms. The first-order valence-corrected chi connectivity index (χ1v) is 7.33. The first kappa shape index (κ1) is 12.4. The van der Waals surface area contributed by atoms with Crippen molar-refractivity contribution in [2.24, 2.45) is 0 Å². The fourth-order valence-corrected chi connectivity index (χ4v) is 3.60. The van der Waals surface area contributed by atoms with E-state index in [1.807, 2.05) is 12.1 Å². The predicted molar refractivity (Wildman–Crippen MR) is 76.2 cm³/mol. The third-order valence-corrected chi connectivity index (χ3v) is 4.39. The number of rotatable bonds is 3. The highest BCUT2D eigenvalue weighted by Crippen LogP contribution is 2.32. The molecule has 84 valence electrons. The third-order valence-electron chi connectivity index (χ3n) is 2.21. The van der Waals surface area contributed by atoms with Crippen LogP contribution in [0.25, 0.3) is 0 Å². The highest BCUT2D eigenvalue weighted by atomic mass is 79.9. The zero-order valence-corrected chi connectivity index (χ0v) is 12.2. The van der Waals surface area contributed by atoms with Gasteiger partial charge in [0.1, 0.15) is 0 Å². The average molecular weight is 336 g/mol. The molecule has 1 aromatic carbocycles. The largest absolute Gasteiger partial charge is 0.149 e. The second kappa shape index (κ2) is 5.54. The summed E-state index contributed by atoms with van der Waals surface area (Å²) in [6.07, 6.45) is 0.953. The lowest BCUT2D eigenvalue weighted by molar-refractivity contribution is 0.969. The van der Waals surface area contributed by atoms with E-state index in [1.54, 1.807) is 17.4 Å². The van der Waals surface area contributed by atoms with E-state index in [1.165, 1.54) is 4.88 Å². The smallest absolute Gasteiger partial charge is 0.0444 e. The van der Waals surface area contributed by atoms with Crippen molar-refractivity contribution in [2.45, 2.75) is 11.2 Å². The van der Waals surface area contributed by atoms with Crippen LogP contribution in [-0.4, -0.2) is 0 Å². The molecule has 0 aliphatic rings. The molecule has 0 radical (unpaired) electrons. The minimum absolute atomic E-state index is 0.252. The second-order valence-electron chi connectivity index (χ2n) is 3.45. The van der Waals surface area contributed by atoms with Crippen molar-refractivity contribution < 1.29 is 0 Å². The lowest BCUT2D eigenvalue weighted by Gasteiger charge is -2.10. The molecule has 0 N–H and O–H groups in total. The molecule has 1 heterocycles. The summed E-state index contributed by atoms with van der Waals surface area (Å²) in [7, 11) is 0. The first-order chi connectivity index (χ1) is 7.65. The Bertz CT molecular complexity index is 448. The van der Waals surface area contributed by atoms with Crippen LogP contribution in [0.5, 0.6) is 0 Å². The van der Waals surface area contributed by atoms with Gasteiger partial charge in [0.05, 0.1) is 0 Å². The number of alkyl halides is 1. The summed E-state index contributed by atoms with van der Waals surface area (Å²) in [4.78, 5) is 1.60. The van der Waals surface area contributed by atoms with Crippen molar-refractivity contribution in [3.8, 4) is 0 Å². The van der Waals surface area contributed by atoms with Crippen LogP contribution >= 0.6 is 50.5 Å². The van der Waals surface area contributed by atoms with E-state index in [9.17, 15) is 0 Å². The lowest BCUT2D eigenvalue weighted by Crippen LogP contribution is -1.93. The number of benzene rings is 1. The van der Waals surface area contributed by atoms with Gasteiger partial charge in [0.25, 0.3) is 0 Å². The van der Waals surface area contributed by atoms with Crippen LogP contribution in [0.2, 0.25) is 10.0 Å². The monoisotopic (exact) mass is 334 g/mol. The van der Waals surface area contributed by atoms with Gasteiger partial charge in [-0.2, -0.15) is 0 Å². The molecule has 2 aromatic rings. The molecule has 4 heteroatoms. The minimum atomic E-state index is 0.252. The van der Waals surface area contributed by atoms with Gasteiger partial charge in [-0.3, -0.25) is 0 Å². The zero-order chi connectivity index (χ0) is 11.5. The summed E-state index contributed by atoms with van der Waals surface area (Å²) in [5, 5.41) is 3.44. The van der Waals surface area contributed by atoms with Gasteiger partial charge in [-0.05, 0) is 41.6 Å². The molecule has 16 heavy (non-hydrogen) atoms. The fraction of sp³-hybridized carbons (Fsp3) is 0.167. The average Bonchev–Trinajstić information content (AvgIpc) is 2.68. The van der Waals surface area contributed by atoms with Crippen molar-refractivity contribution >= 4 is 50.5 Å². The molecule has 2 rings (SSSR count). The van der Waals surface area contributed by atoms with E-state index >= 15 is 0 Å². The molecule has 0 saturated carbocycles. The Kier molecular flexibility index (Phi) is 4.31. The van der Waals surface area contributed by atoms with Crippen LogP contribution in [-0.2, 0) is 6.42 Å². The van der Waals surface area contributed by atoms with Crippen LogP contribution in [0.1, 0.15) is 15.3 Å². The van der Waals surface area contributed by atoms with Gasteiger partial charge >= 0.3 is 0 Å². The molecule has 0 fully saturated rings. The van der Waals surface area contributed by atoms with Crippen LogP contribution < -0.4 is 0 Å². The topological polar surface area (TPSA) is 0 Å². The van der Waals surface area contributed by atoms with Crippen LogP contribution in [0.15, 0.2) is 35.7 Å². The van der Waals surface area contributed by atoms with Gasteiger partial charge in [-0.25, -0.2) is 0 Å². The first-order valence-electron chi connectivity index (χ1n) is 4.77. The lowest BCUT2D eigenvalue weighted by atomic mass is 10.1. The number of thiophene rings is 1. The van der Waals surface area contributed by atoms with Crippen molar-refractivity contribution in [3.63, 3.8) is 0 Å². The van der Waals surface area contributed by atoms with Crippen LogP contribution in [0.3, 0.4) is 0 Å². The Morgan fingerprint density at radius 2 is 1.88 bits per heavy atom. The highest BCUT2D eigenvalue weighted by Gasteiger charge is 2.10. The standard InChI is InChI=1S/C12H9BrCl2S/c13-12(7-11-2-1-3-16-11)8-4-9(14)6-10(15)5-8/h1-6,12H,7H2. The Morgan fingerprint density at radius 3 is 2.44 bits per heavy atom. The van der Waals surface area contributed by atoms with E-state index in [4.69, 9.17) is 23.2 Å². The summed E-state index contributed by atoms with van der Waals surface area (Å²) < 4.78 is 0. The van der Waals surface area contributed by atoms with E-state index in [0.717, 1.165) is 12.0 Å². The van der Waals surface area contributed by atoms with Crippen LogP contribution in [0, 0.1) is 0 Å². The molecular weight excluding hydrogens is 327 g/mol. The van der Waals surface area contributed by atoms with E-state index in [0.29, 0.717) is 10.0 Å². The van der Waals surface area contributed by atoms with E-state index in [-0.39, 0.29) is 4.83 Å². The molecule has 1 unspecified atom stereocenters. The zero-order valence-electron chi connectivity index (χ0n) is 8.29. The molecule has 0 aliphatic carbocycles. The molecule has 0 saturated heterocycles. The molecule has 0 aliphatic heterocycles. The highest BCUT2D eigenvalue weighted by molar-refractivity contribution is 9.09. The summed E-state index contributed by atoms with van der Waals surface area (Å²) in [5.41, 5.74) is 1.12. The molecule has 0 amide bonds. The minimum Gasteiger partial charge on any atom is -0.149 e. The maximum atomic E-state index is 5.97. The number of hydrogen-bond donors (Lipinski definition) is 0. The van der Waals surface area contributed by atoms with Crippen molar-refractivity contribution in [1.29, 1.82) is 0 Å². The Morgan fingerprint density at radius 1 is 1.19 bits per heavy atom. The summed E-state index contributed by atoms with van der Waals surface area (Å²) in [6, 6.07) is 9.83. The third kappa shape index (κ3) is 3.24. The van der Waals surface area contributed by atoms with Gasteiger partial charge in [0, 0.05) is 19.7 Å². The fourth-order valence-electron chi connectivity index (χ4n) is 1.48. The van der Waals surface area contributed by atoms with Gasteiger partial charge < -0.3 is 0 Å². The maximum Gasteiger partial charge on any atom is 0.0444 e. The maximum absolute atomic E-state index is 5.97. The Labute approximate surface area is 117 Å². The summed E-state index contributed by atoms with van der Waals surface area (Å²) in [6.45, 7) is 0. The Balaban J connectivity index is 2.17. The van der Waals surface area contributed by atoms with E-state index in [2.05, 4.69) is 33.4 Å². The molecule has 0 nitrogen and oxygen atoms in total. The second-order valence-corrected chi connectivity index (χ2v) is 6.46. The van der Waals surface area contributed by atoms with E-state index < -0.39 is 0 Å². The van der Waals surface area contributed by atoms with Crippen molar-refractivity contribution in [3.05, 3.63) is 56.2 Å². The predicted octanol–water partition coefficient (Wildman–Crippen LogP) is 5.73. The molecule has 1 atom stereocenters. The normalized spacial score (nSPS) is 12.7. The van der Waals surface area contributed by atoms with Gasteiger partial charge in [-0.15, -0.1) is 11.3 Å². The van der Waals surface area contributed by atoms with Crippen LogP contribution in [0.4, 0.5) is 0 Å². The summed E-state index contributed by atoms with van der Waals surface area (Å²) in [5.74, 6) is 0. The van der Waals surface area contributed by atoms with Gasteiger partial charge in [0.2, 0.25) is 0 Å². The molecular formula is C12H9BrCl2S. The Hall–Kier alpha value is -0.0200. The number of hydrogen-bond acceptors (Lipinski definition) is 1. The summed E-state index contributed by atoms with van der Waals surface area (Å²) >= 11 is 17.4. The van der Waals surface area contributed by atoms with Gasteiger partial charge in [0.15, 0.2) is 0 Å². The number of halogens is 3. The van der Waals surface area contributed by atoms with Crippen molar-refractivity contribution in [1.82, 2.24) is 0 Å². The SMILES string of the molecule is Clc1cc(Cl)cc(C(Br)Cc2cccs2)c1. The quantitative estimate of drug-likeness (QED) is 0.628. The van der Waals surface area contributed by atoms with Crippen molar-refractivity contribution in [2.75, 3.05) is 0 Å². The van der Waals surface area contributed by atoms with Gasteiger partial charge in [-0.1, -0.05) is 45.2 Å².